The Bertz CT molecular complexity index is 630. The van der Waals surface area contributed by atoms with Gasteiger partial charge in [-0.3, -0.25) is 4.79 Å². The van der Waals surface area contributed by atoms with E-state index >= 15 is 0 Å². The SMILES string of the molecule is CN1C(=O)CC2(C=CC(=N)C=C2)c2cc(Br)ccc21. The summed E-state index contributed by atoms with van der Waals surface area (Å²) in [5.74, 6) is 0.0950. The second kappa shape index (κ2) is 4.17. The number of fused-ring (bicyclic) bond motifs is 2. The number of carbonyl (C=O) groups is 1. The van der Waals surface area contributed by atoms with Crippen molar-refractivity contribution in [2.75, 3.05) is 11.9 Å². The predicted molar refractivity (Wildman–Crippen MR) is 79.9 cm³/mol. The smallest absolute Gasteiger partial charge is 0.228 e. The summed E-state index contributed by atoms with van der Waals surface area (Å²) in [4.78, 5) is 13.9. The number of rotatable bonds is 0. The number of benzene rings is 1. The van der Waals surface area contributed by atoms with Crippen molar-refractivity contribution < 1.29 is 4.79 Å². The van der Waals surface area contributed by atoms with Gasteiger partial charge in [-0.1, -0.05) is 28.1 Å². The Hall–Kier alpha value is -1.68. The van der Waals surface area contributed by atoms with Crippen molar-refractivity contribution in [1.29, 1.82) is 5.41 Å². The summed E-state index contributed by atoms with van der Waals surface area (Å²) in [7, 11) is 1.81. The van der Waals surface area contributed by atoms with Crippen LogP contribution in [0.2, 0.25) is 0 Å². The third-order valence-electron chi connectivity index (χ3n) is 3.76. The van der Waals surface area contributed by atoms with Crippen LogP contribution < -0.4 is 4.90 Å². The molecule has 3 rings (SSSR count). The number of hydrogen-bond acceptors (Lipinski definition) is 2. The molecule has 1 spiro atoms. The van der Waals surface area contributed by atoms with E-state index in [9.17, 15) is 4.79 Å². The Morgan fingerprint density at radius 2 is 2.00 bits per heavy atom. The molecule has 4 heteroatoms. The van der Waals surface area contributed by atoms with Crippen molar-refractivity contribution in [1.82, 2.24) is 0 Å². The minimum Gasteiger partial charge on any atom is -0.315 e. The summed E-state index contributed by atoms with van der Waals surface area (Å²) in [6.07, 6.45) is 7.87. The van der Waals surface area contributed by atoms with E-state index in [4.69, 9.17) is 5.41 Å². The lowest BCUT2D eigenvalue weighted by atomic mass is 9.71. The topological polar surface area (TPSA) is 44.2 Å². The molecule has 2 aliphatic rings. The first-order valence-corrected chi connectivity index (χ1v) is 6.85. The molecular formula is C15H13BrN2O. The van der Waals surface area contributed by atoms with E-state index in [2.05, 4.69) is 22.0 Å². The van der Waals surface area contributed by atoms with Crippen molar-refractivity contribution in [3.05, 3.63) is 52.5 Å². The Kier molecular flexibility index (Phi) is 2.71. The molecule has 0 fully saturated rings. The lowest BCUT2D eigenvalue weighted by Crippen LogP contribution is -2.41. The maximum Gasteiger partial charge on any atom is 0.228 e. The Balaban J connectivity index is 2.24. The molecule has 3 nitrogen and oxygen atoms in total. The Morgan fingerprint density at radius 3 is 2.68 bits per heavy atom. The van der Waals surface area contributed by atoms with Crippen LogP contribution in [0.1, 0.15) is 12.0 Å². The second-order valence-electron chi connectivity index (χ2n) is 4.95. The van der Waals surface area contributed by atoms with Gasteiger partial charge in [0.2, 0.25) is 5.91 Å². The number of amides is 1. The monoisotopic (exact) mass is 316 g/mol. The summed E-state index contributed by atoms with van der Waals surface area (Å²) < 4.78 is 0.996. The van der Waals surface area contributed by atoms with Crippen LogP contribution in [0.3, 0.4) is 0 Å². The molecule has 0 saturated carbocycles. The highest BCUT2D eigenvalue weighted by Gasteiger charge is 2.39. The van der Waals surface area contributed by atoms with Gasteiger partial charge in [0.15, 0.2) is 0 Å². The third-order valence-corrected chi connectivity index (χ3v) is 4.25. The van der Waals surface area contributed by atoms with Gasteiger partial charge in [-0.05, 0) is 35.9 Å². The number of allylic oxidation sites excluding steroid dienone is 4. The first-order valence-electron chi connectivity index (χ1n) is 6.05. The third kappa shape index (κ3) is 1.87. The quantitative estimate of drug-likeness (QED) is 0.784. The fraction of sp³-hybridized carbons (Fsp3) is 0.200. The van der Waals surface area contributed by atoms with Crippen LogP contribution in [0, 0.1) is 5.41 Å². The minimum atomic E-state index is -0.409. The first-order chi connectivity index (χ1) is 9.02. The molecule has 0 saturated heterocycles. The maximum absolute atomic E-state index is 12.2. The van der Waals surface area contributed by atoms with Gasteiger partial charge in [0.05, 0.1) is 5.71 Å². The lowest BCUT2D eigenvalue weighted by Gasteiger charge is -2.39. The first kappa shape index (κ1) is 12.4. The summed E-state index contributed by atoms with van der Waals surface area (Å²) in [5.41, 5.74) is 2.09. The summed E-state index contributed by atoms with van der Waals surface area (Å²) in [5, 5.41) is 7.63. The van der Waals surface area contributed by atoms with Crippen molar-refractivity contribution in [2.45, 2.75) is 11.8 Å². The van der Waals surface area contributed by atoms with E-state index in [0.29, 0.717) is 12.1 Å². The molecule has 1 N–H and O–H groups in total. The van der Waals surface area contributed by atoms with Gasteiger partial charge >= 0.3 is 0 Å². The van der Waals surface area contributed by atoms with Gasteiger partial charge in [-0.2, -0.15) is 0 Å². The summed E-state index contributed by atoms with van der Waals surface area (Å²) in [6, 6.07) is 5.96. The predicted octanol–water partition coefficient (Wildman–Crippen LogP) is 3.20. The molecule has 0 radical (unpaired) electrons. The van der Waals surface area contributed by atoms with Crippen molar-refractivity contribution in [3.8, 4) is 0 Å². The standard InChI is InChI=1S/C15H13BrN2O/c1-18-13-3-2-10(16)8-12(13)15(9-14(18)19)6-4-11(17)5-7-15/h2-8,17H,9H2,1H3. The lowest BCUT2D eigenvalue weighted by molar-refractivity contribution is -0.119. The number of carbonyl (C=O) groups excluding carboxylic acids is 1. The highest BCUT2D eigenvalue weighted by molar-refractivity contribution is 9.10. The van der Waals surface area contributed by atoms with Gasteiger partial charge in [0, 0.05) is 29.0 Å². The number of nitrogens with one attached hydrogen (secondary N) is 1. The molecular weight excluding hydrogens is 304 g/mol. The summed E-state index contributed by atoms with van der Waals surface area (Å²) in [6.45, 7) is 0. The van der Waals surface area contributed by atoms with Crippen LogP contribution in [0.4, 0.5) is 5.69 Å². The molecule has 19 heavy (non-hydrogen) atoms. The largest absolute Gasteiger partial charge is 0.315 e. The van der Waals surface area contributed by atoms with Crippen LogP contribution in [-0.2, 0) is 10.2 Å². The average molecular weight is 317 g/mol. The zero-order valence-electron chi connectivity index (χ0n) is 10.5. The molecule has 1 aromatic carbocycles. The van der Waals surface area contributed by atoms with Crippen LogP contribution in [-0.4, -0.2) is 18.7 Å². The molecule has 0 aromatic heterocycles. The van der Waals surface area contributed by atoms with E-state index in [1.165, 1.54) is 0 Å². The van der Waals surface area contributed by atoms with E-state index in [1.807, 2.05) is 24.3 Å². The zero-order chi connectivity index (χ0) is 13.6. The number of hydrogen-bond donors (Lipinski definition) is 1. The molecule has 0 bridgehead atoms. The van der Waals surface area contributed by atoms with Crippen molar-refractivity contribution in [2.24, 2.45) is 0 Å². The van der Waals surface area contributed by atoms with E-state index in [1.54, 1.807) is 24.1 Å². The van der Waals surface area contributed by atoms with Gasteiger partial charge < -0.3 is 10.3 Å². The van der Waals surface area contributed by atoms with Gasteiger partial charge in [0.1, 0.15) is 0 Å². The summed E-state index contributed by atoms with van der Waals surface area (Å²) >= 11 is 3.49. The number of halogens is 1. The van der Waals surface area contributed by atoms with Crippen LogP contribution in [0.15, 0.2) is 47.0 Å². The minimum absolute atomic E-state index is 0.0950. The van der Waals surface area contributed by atoms with Crippen molar-refractivity contribution >= 4 is 33.2 Å². The zero-order valence-corrected chi connectivity index (χ0v) is 12.1. The highest BCUT2D eigenvalue weighted by atomic mass is 79.9. The van der Waals surface area contributed by atoms with E-state index < -0.39 is 5.41 Å². The van der Waals surface area contributed by atoms with E-state index in [-0.39, 0.29) is 5.91 Å². The molecule has 1 heterocycles. The van der Waals surface area contributed by atoms with Gasteiger partial charge in [-0.25, -0.2) is 0 Å². The Labute approximate surface area is 120 Å². The van der Waals surface area contributed by atoms with Gasteiger partial charge in [0.25, 0.3) is 0 Å². The van der Waals surface area contributed by atoms with Crippen molar-refractivity contribution in [3.63, 3.8) is 0 Å². The molecule has 1 aliphatic heterocycles. The van der Waals surface area contributed by atoms with Crippen LogP contribution in [0.5, 0.6) is 0 Å². The maximum atomic E-state index is 12.2. The molecule has 1 amide bonds. The molecule has 0 unspecified atom stereocenters. The molecule has 1 aromatic rings. The number of nitrogens with zero attached hydrogens (tertiary/aromatic N) is 1. The molecule has 0 atom stereocenters. The van der Waals surface area contributed by atoms with Crippen LogP contribution in [0.25, 0.3) is 0 Å². The molecule has 96 valence electrons. The second-order valence-corrected chi connectivity index (χ2v) is 5.87. The van der Waals surface area contributed by atoms with Gasteiger partial charge in [-0.15, -0.1) is 0 Å². The van der Waals surface area contributed by atoms with Crippen LogP contribution >= 0.6 is 15.9 Å². The van der Waals surface area contributed by atoms with E-state index in [0.717, 1.165) is 15.7 Å². The highest BCUT2D eigenvalue weighted by Crippen LogP contribution is 2.44. The fourth-order valence-corrected chi connectivity index (χ4v) is 3.02. The normalized spacial score (nSPS) is 25.1. The number of anilines is 1. The average Bonchev–Trinajstić information content (AvgIpc) is 2.39. The molecule has 1 aliphatic carbocycles. The fourth-order valence-electron chi connectivity index (χ4n) is 2.66. The Morgan fingerprint density at radius 1 is 1.32 bits per heavy atom.